The Balaban J connectivity index is 2.88. The molecule has 0 radical (unpaired) electrons. The van der Waals surface area contributed by atoms with Crippen LogP contribution >= 0.6 is 15.9 Å². The fourth-order valence-electron chi connectivity index (χ4n) is 1.42. The molecule has 0 aliphatic rings. The average Bonchev–Trinajstić information content (AvgIpc) is 2.32. The minimum absolute atomic E-state index is 0.0323. The van der Waals surface area contributed by atoms with Crippen LogP contribution in [0.5, 0.6) is 0 Å². The zero-order valence-corrected chi connectivity index (χ0v) is 12.7. The lowest BCUT2D eigenvalue weighted by molar-refractivity contribution is 0.457. The zero-order valence-electron chi connectivity index (χ0n) is 10.3. The third-order valence-electron chi connectivity index (χ3n) is 2.50. The van der Waals surface area contributed by atoms with E-state index in [0.717, 1.165) is 12.6 Å². The lowest BCUT2D eigenvalue weighted by Gasteiger charge is -2.17. The molecule has 1 aromatic carbocycles. The normalized spacial score (nSPS) is 12.1. The van der Waals surface area contributed by atoms with Crippen molar-refractivity contribution in [2.24, 2.45) is 0 Å². The molecule has 0 amide bonds. The monoisotopic (exact) mass is 338 g/mol. The van der Waals surface area contributed by atoms with Crippen molar-refractivity contribution < 1.29 is 12.8 Å². The van der Waals surface area contributed by atoms with Gasteiger partial charge >= 0.3 is 0 Å². The van der Waals surface area contributed by atoms with E-state index < -0.39 is 15.8 Å². The van der Waals surface area contributed by atoms with E-state index >= 15 is 0 Å². The van der Waals surface area contributed by atoms with E-state index in [1.165, 1.54) is 23.5 Å². The van der Waals surface area contributed by atoms with Gasteiger partial charge < -0.3 is 5.32 Å². The van der Waals surface area contributed by atoms with Crippen LogP contribution in [0.3, 0.4) is 0 Å². The number of rotatable bonds is 6. The number of sulfonamides is 1. The molecule has 0 saturated heterocycles. The first kappa shape index (κ1) is 15.6. The van der Waals surface area contributed by atoms with Gasteiger partial charge in [0.25, 0.3) is 0 Å². The molecule has 1 rings (SSSR count). The van der Waals surface area contributed by atoms with Gasteiger partial charge in [0.15, 0.2) is 0 Å². The van der Waals surface area contributed by atoms with Gasteiger partial charge in [-0.05, 0) is 54.1 Å². The Morgan fingerprint density at radius 3 is 2.67 bits per heavy atom. The van der Waals surface area contributed by atoms with Crippen LogP contribution in [0.25, 0.3) is 0 Å². The minimum Gasteiger partial charge on any atom is -0.320 e. The summed E-state index contributed by atoms with van der Waals surface area (Å²) < 4.78 is 39.0. The molecular formula is C11H16BrFN2O2S. The Hall–Kier alpha value is -0.500. The second-order valence-corrected chi connectivity index (χ2v) is 6.76. The first-order valence-corrected chi connectivity index (χ1v) is 7.69. The van der Waals surface area contributed by atoms with Crippen molar-refractivity contribution in [2.45, 2.75) is 11.3 Å². The molecule has 0 aromatic heterocycles. The van der Waals surface area contributed by atoms with Crippen LogP contribution < -0.4 is 5.32 Å². The summed E-state index contributed by atoms with van der Waals surface area (Å²) in [5.74, 6) is -0.584. The molecule has 102 valence electrons. The van der Waals surface area contributed by atoms with Crippen molar-refractivity contribution in [3.63, 3.8) is 0 Å². The molecule has 7 heteroatoms. The Kier molecular flexibility index (Phi) is 5.71. The molecule has 0 fully saturated rings. The number of hydrogen-bond donors (Lipinski definition) is 1. The van der Waals surface area contributed by atoms with Gasteiger partial charge in [-0.25, -0.2) is 17.1 Å². The first-order chi connectivity index (χ1) is 8.39. The number of hydrogen-bond acceptors (Lipinski definition) is 3. The number of nitrogens with one attached hydrogen (secondary N) is 1. The maximum absolute atomic E-state index is 13.3. The molecule has 1 N–H and O–H groups in total. The van der Waals surface area contributed by atoms with Gasteiger partial charge in [0.05, 0.1) is 9.37 Å². The van der Waals surface area contributed by atoms with Crippen LogP contribution in [-0.2, 0) is 10.0 Å². The summed E-state index contributed by atoms with van der Waals surface area (Å²) in [7, 11) is -0.319. The van der Waals surface area contributed by atoms with E-state index in [0.29, 0.717) is 13.0 Å². The van der Waals surface area contributed by atoms with E-state index in [2.05, 4.69) is 21.2 Å². The predicted octanol–water partition coefficient (Wildman–Crippen LogP) is 1.82. The van der Waals surface area contributed by atoms with E-state index in [1.54, 1.807) is 7.05 Å². The molecule has 0 heterocycles. The Labute approximate surface area is 115 Å². The summed E-state index contributed by atoms with van der Waals surface area (Å²) in [5.41, 5.74) is 0. The largest absolute Gasteiger partial charge is 0.320 e. The first-order valence-electron chi connectivity index (χ1n) is 5.45. The summed E-state index contributed by atoms with van der Waals surface area (Å²) >= 11 is 2.99. The summed E-state index contributed by atoms with van der Waals surface area (Å²) in [4.78, 5) is -0.0323. The van der Waals surface area contributed by atoms with Crippen LogP contribution in [0, 0.1) is 5.82 Å². The maximum Gasteiger partial charge on any atom is 0.242 e. The minimum atomic E-state index is -3.61. The van der Waals surface area contributed by atoms with Crippen molar-refractivity contribution in [2.75, 3.05) is 27.2 Å². The highest BCUT2D eigenvalue weighted by atomic mass is 79.9. The standard InChI is InChI=1S/C11H16BrFN2O2S/c1-14-6-3-7-15(2)18(16,17)9-4-5-10(12)11(13)8-9/h4-5,8,14H,3,6-7H2,1-2H3. The van der Waals surface area contributed by atoms with Gasteiger partial charge in [0, 0.05) is 13.6 Å². The van der Waals surface area contributed by atoms with E-state index in [1.807, 2.05) is 0 Å². The maximum atomic E-state index is 13.3. The summed E-state index contributed by atoms with van der Waals surface area (Å²) in [6.07, 6.45) is 0.700. The molecule has 0 aliphatic heterocycles. The zero-order chi connectivity index (χ0) is 13.8. The van der Waals surface area contributed by atoms with Gasteiger partial charge in [0.2, 0.25) is 10.0 Å². The number of nitrogens with zero attached hydrogens (tertiary/aromatic N) is 1. The molecule has 4 nitrogen and oxygen atoms in total. The van der Waals surface area contributed by atoms with Gasteiger partial charge in [0.1, 0.15) is 5.82 Å². The van der Waals surface area contributed by atoms with Crippen LogP contribution in [0.2, 0.25) is 0 Å². The highest BCUT2D eigenvalue weighted by Crippen LogP contribution is 2.21. The Morgan fingerprint density at radius 1 is 1.44 bits per heavy atom. The molecule has 1 aromatic rings. The van der Waals surface area contributed by atoms with Gasteiger partial charge in [-0.2, -0.15) is 0 Å². The third kappa shape index (κ3) is 3.74. The molecule has 0 unspecified atom stereocenters. The second kappa shape index (κ2) is 6.60. The van der Waals surface area contributed by atoms with Crippen LogP contribution in [0.15, 0.2) is 27.6 Å². The molecule has 0 spiro atoms. The van der Waals surface area contributed by atoms with Crippen LogP contribution in [-0.4, -0.2) is 39.9 Å². The van der Waals surface area contributed by atoms with E-state index in [4.69, 9.17) is 0 Å². The second-order valence-electron chi connectivity index (χ2n) is 3.86. The van der Waals surface area contributed by atoms with Gasteiger partial charge in [-0.15, -0.1) is 0 Å². The lowest BCUT2D eigenvalue weighted by Crippen LogP contribution is -2.29. The van der Waals surface area contributed by atoms with Crippen molar-refractivity contribution in [1.29, 1.82) is 0 Å². The molecule has 0 bridgehead atoms. The fourth-order valence-corrected chi connectivity index (χ4v) is 2.88. The summed E-state index contributed by atoms with van der Waals surface area (Å²) in [6.45, 7) is 1.12. The SMILES string of the molecule is CNCCCN(C)S(=O)(=O)c1ccc(Br)c(F)c1. The van der Waals surface area contributed by atoms with Gasteiger partial charge in [-0.1, -0.05) is 0 Å². The van der Waals surface area contributed by atoms with Crippen molar-refractivity contribution >= 4 is 26.0 Å². The van der Waals surface area contributed by atoms with E-state index in [9.17, 15) is 12.8 Å². The fraction of sp³-hybridized carbons (Fsp3) is 0.455. The highest BCUT2D eigenvalue weighted by molar-refractivity contribution is 9.10. The average molecular weight is 339 g/mol. The molecule has 0 atom stereocenters. The Morgan fingerprint density at radius 2 is 2.11 bits per heavy atom. The van der Waals surface area contributed by atoms with Gasteiger partial charge in [-0.3, -0.25) is 0 Å². The lowest BCUT2D eigenvalue weighted by atomic mass is 10.3. The molecule has 0 aliphatic carbocycles. The van der Waals surface area contributed by atoms with Crippen LogP contribution in [0.4, 0.5) is 4.39 Å². The van der Waals surface area contributed by atoms with Crippen molar-refractivity contribution in [3.05, 3.63) is 28.5 Å². The van der Waals surface area contributed by atoms with Crippen LogP contribution in [0.1, 0.15) is 6.42 Å². The quantitative estimate of drug-likeness (QED) is 0.805. The smallest absolute Gasteiger partial charge is 0.242 e. The summed E-state index contributed by atoms with van der Waals surface area (Å²) in [6, 6.07) is 3.80. The molecule has 18 heavy (non-hydrogen) atoms. The predicted molar refractivity (Wildman–Crippen MR) is 72.5 cm³/mol. The topological polar surface area (TPSA) is 49.4 Å². The van der Waals surface area contributed by atoms with Crippen molar-refractivity contribution in [3.8, 4) is 0 Å². The number of benzene rings is 1. The van der Waals surface area contributed by atoms with E-state index in [-0.39, 0.29) is 9.37 Å². The Bertz CT molecular complexity index is 508. The molecule has 0 saturated carbocycles. The molecular weight excluding hydrogens is 323 g/mol. The third-order valence-corrected chi connectivity index (χ3v) is 5.00. The number of halogens is 2. The van der Waals surface area contributed by atoms with Crippen molar-refractivity contribution in [1.82, 2.24) is 9.62 Å². The highest BCUT2D eigenvalue weighted by Gasteiger charge is 2.21. The summed E-state index contributed by atoms with van der Waals surface area (Å²) in [5, 5.41) is 2.94.